The van der Waals surface area contributed by atoms with Gasteiger partial charge in [0.05, 0.1) is 12.0 Å². The fourth-order valence-corrected chi connectivity index (χ4v) is 2.44. The summed E-state index contributed by atoms with van der Waals surface area (Å²) in [5.74, 6) is -11.4. The second kappa shape index (κ2) is 7.13. The number of alkyl halides is 7. The van der Waals surface area contributed by atoms with Gasteiger partial charge in [0.15, 0.2) is 0 Å². The molecule has 1 aromatic carbocycles. The number of halogens is 7. The van der Waals surface area contributed by atoms with Crippen LogP contribution in [0.25, 0.3) is 0 Å². The minimum atomic E-state index is -6.36. The van der Waals surface area contributed by atoms with Crippen molar-refractivity contribution >= 4 is 0 Å². The molecular weight excluding hydrogens is 353 g/mol. The normalized spacial score (nSPS) is 17.2. The van der Waals surface area contributed by atoms with Gasteiger partial charge in [0.2, 0.25) is 0 Å². The van der Waals surface area contributed by atoms with Gasteiger partial charge in [-0.1, -0.05) is 38.1 Å². The predicted octanol–water partition coefficient (Wildman–Crippen LogP) is 6.28. The summed E-state index contributed by atoms with van der Waals surface area (Å²) >= 11 is 0. The first kappa shape index (κ1) is 21.7. The summed E-state index contributed by atoms with van der Waals surface area (Å²) in [6.07, 6.45) is -7.42. The maximum Gasteiger partial charge on any atom is 0.459 e. The highest BCUT2D eigenvalue weighted by molar-refractivity contribution is 5.30. The molecule has 2 atom stereocenters. The lowest BCUT2D eigenvalue weighted by Gasteiger charge is -2.36. The highest BCUT2D eigenvalue weighted by Crippen LogP contribution is 2.51. The molecule has 25 heavy (non-hydrogen) atoms. The van der Waals surface area contributed by atoms with E-state index in [1.54, 1.807) is 6.07 Å². The van der Waals surface area contributed by atoms with Gasteiger partial charge in [0, 0.05) is 7.11 Å². The van der Waals surface area contributed by atoms with Gasteiger partial charge < -0.3 is 4.74 Å². The van der Waals surface area contributed by atoms with Crippen molar-refractivity contribution in [1.29, 1.82) is 0 Å². The molecule has 0 bridgehead atoms. The van der Waals surface area contributed by atoms with Crippen LogP contribution >= 0.6 is 0 Å². The third-order valence-corrected chi connectivity index (χ3v) is 4.50. The van der Waals surface area contributed by atoms with E-state index in [-0.39, 0.29) is 11.5 Å². The van der Waals surface area contributed by atoms with Crippen molar-refractivity contribution in [2.75, 3.05) is 7.11 Å². The molecule has 8 heteroatoms. The molecule has 0 radical (unpaired) electrons. The van der Waals surface area contributed by atoms with Gasteiger partial charge in [-0.05, 0) is 30.4 Å². The number of ether oxygens (including phenoxy) is 1. The van der Waals surface area contributed by atoms with Crippen LogP contribution in [-0.4, -0.2) is 25.1 Å². The Morgan fingerprint density at radius 3 is 2.04 bits per heavy atom. The number of methoxy groups -OCH3 is 1. The van der Waals surface area contributed by atoms with E-state index < -0.39 is 30.0 Å². The number of hydrogen-bond acceptors (Lipinski definition) is 1. The van der Waals surface area contributed by atoms with Crippen LogP contribution in [0.1, 0.15) is 50.7 Å². The molecule has 0 aromatic heterocycles. The van der Waals surface area contributed by atoms with Crippen molar-refractivity contribution in [1.82, 2.24) is 0 Å². The average molecular weight is 374 g/mol. The Kier molecular flexibility index (Phi) is 6.20. The quantitative estimate of drug-likeness (QED) is 0.510. The van der Waals surface area contributed by atoms with Crippen molar-refractivity contribution in [3.05, 3.63) is 35.4 Å². The standard InChI is InChI=1S/C17H21F7O/c1-5-11(2)12-7-6-8-13(9-12)14(3,25-4)10-15(18,19)16(20,21)17(22,23)24/h6-9,11H,5,10H2,1-4H3. The van der Waals surface area contributed by atoms with Crippen LogP contribution in [0.2, 0.25) is 0 Å². The minimum Gasteiger partial charge on any atom is -0.374 e. The molecule has 0 aliphatic carbocycles. The Balaban J connectivity index is 3.28. The third-order valence-electron chi connectivity index (χ3n) is 4.50. The Bertz CT molecular complexity index is 583. The molecule has 1 aromatic rings. The fraction of sp³-hybridized carbons (Fsp3) is 0.647. The van der Waals surface area contributed by atoms with Crippen molar-refractivity contribution in [2.45, 2.75) is 63.2 Å². The van der Waals surface area contributed by atoms with Crippen molar-refractivity contribution < 1.29 is 35.5 Å². The van der Waals surface area contributed by atoms with E-state index in [0.717, 1.165) is 26.0 Å². The Hall–Kier alpha value is -1.31. The number of hydrogen-bond donors (Lipinski definition) is 0. The molecule has 0 fully saturated rings. The van der Waals surface area contributed by atoms with Crippen molar-refractivity contribution in [3.63, 3.8) is 0 Å². The minimum absolute atomic E-state index is 0.0678. The first-order chi connectivity index (χ1) is 11.2. The highest BCUT2D eigenvalue weighted by atomic mass is 19.4. The Morgan fingerprint density at radius 1 is 1.04 bits per heavy atom. The van der Waals surface area contributed by atoms with Gasteiger partial charge in [0.1, 0.15) is 0 Å². The van der Waals surface area contributed by atoms with E-state index >= 15 is 0 Å². The predicted molar refractivity (Wildman–Crippen MR) is 80.1 cm³/mol. The van der Waals surface area contributed by atoms with Crippen LogP contribution in [0.5, 0.6) is 0 Å². The summed E-state index contributed by atoms with van der Waals surface area (Å²) in [5.41, 5.74) is -1.14. The van der Waals surface area contributed by atoms with E-state index in [0.29, 0.717) is 0 Å². The second-order valence-electron chi connectivity index (χ2n) is 6.32. The maximum absolute atomic E-state index is 13.8. The first-order valence-corrected chi connectivity index (χ1v) is 7.70. The molecule has 0 aliphatic rings. The lowest BCUT2D eigenvalue weighted by molar-refractivity contribution is -0.361. The molecule has 0 aliphatic heterocycles. The Labute approximate surface area is 142 Å². The van der Waals surface area contributed by atoms with Crippen LogP contribution in [0.15, 0.2) is 24.3 Å². The third kappa shape index (κ3) is 4.27. The molecule has 0 amide bonds. The molecule has 2 unspecified atom stereocenters. The lowest BCUT2D eigenvalue weighted by Crippen LogP contribution is -2.54. The monoisotopic (exact) mass is 374 g/mol. The topological polar surface area (TPSA) is 9.23 Å². The van der Waals surface area contributed by atoms with Crippen molar-refractivity contribution in [2.24, 2.45) is 0 Å². The molecule has 0 N–H and O–H groups in total. The first-order valence-electron chi connectivity index (χ1n) is 7.70. The van der Waals surface area contributed by atoms with Gasteiger partial charge in [0.25, 0.3) is 0 Å². The van der Waals surface area contributed by atoms with E-state index in [1.165, 1.54) is 18.2 Å². The summed E-state index contributed by atoms with van der Waals surface area (Å²) in [6, 6.07) is 6.14. The average Bonchev–Trinajstić information content (AvgIpc) is 2.52. The molecule has 1 nitrogen and oxygen atoms in total. The summed E-state index contributed by atoms with van der Waals surface area (Å²) in [4.78, 5) is 0. The van der Waals surface area contributed by atoms with Crippen LogP contribution in [0.4, 0.5) is 30.7 Å². The summed E-state index contributed by atoms with van der Waals surface area (Å²) in [6.45, 7) is 4.86. The van der Waals surface area contributed by atoms with Gasteiger partial charge in [-0.3, -0.25) is 0 Å². The molecular formula is C17H21F7O. The fourth-order valence-electron chi connectivity index (χ4n) is 2.44. The van der Waals surface area contributed by atoms with Gasteiger partial charge in [-0.25, -0.2) is 0 Å². The summed E-state index contributed by atoms with van der Waals surface area (Å²) < 4.78 is 96.1. The zero-order valence-electron chi connectivity index (χ0n) is 14.4. The van der Waals surface area contributed by atoms with Gasteiger partial charge >= 0.3 is 18.0 Å². The van der Waals surface area contributed by atoms with E-state index in [4.69, 9.17) is 4.74 Å². The van der Waals surface area contributed by atoms with Crippen LogP contribution in [-0.2, 0) is 10.3 Å². The molecule has 0 spiro atoms. The molecule has 144 valence electrons. The zero-order chi connectivity index (χ0) is 19.7. The van der Waals surface area contributed by atoms with E-state index in [2.05, 4.69) is 0 Å². The van der Waals surface area contributed by atoms with E-state index in [1.807, 2.05) is 13.8 Å². The summed E-state index contributed by atoms with van der Waals surface area (Å²) in [5, 5.41) is 0. The summed E-state index contributed by atoms with van der Waals surface area (Å²) in [7, 11) is 0.998. The largest absolute Gasteiger partial charge is 0.459 e. The zero-order valence-corrected chi connectivity index (χ0v) is 14.4. The van der Waals surface area contributed by atoms with Crippen LogP contribution in [0.3, 0.4) is 0 Å². The lowest BCUT2D eigenvalue weighted by atomic mass is 9.85. The van der Waals surface area contributed by atoms with Gasteiger partial charge in [-0.15, -0.1) is 0 Å². The molecule has 0 saturated heterocycles. The van der Waals surface area contributed by atoms with Gasteiger partial charge in [-0.2, -0.15) is 30.7 Å². The van der Waals surface area contributed by atoms with E-state index in [9.17, 15) is 30.7 Å². The highest BCUT2D eigenvalue weighted by Gasteiger charge is 2.73. The smallest absolute Gasteiger partial charge is 0.374 e. The van der Waals surface area contributed by atoms with Crippen molar-refractivity contribution in [3.8, 4) is 0 Å². The molecule has 1 rings (SSSR count). The second-order valence-corrected chi connectivity index (χ2v) is 6.32. The number of rotatable bonds is 7. The molecule has 0 saturated carbocycles. The Morgan fingerprint density at radius 2 is 1.60 bits per heavy atom. The maximum atomic E-state index is 13.8. The molecule has 0 heterocycles. The van der Waals surface area contributed by atoms with Crippen LogP contribution < -0.4 is 0 Å². The number of benzene rings is 1. The van der Waals surface area contributed by atoms with Crippen LogP contribution in [0, 0.1) is 0 Å². The SMILES string of the molecule is CCC(C)c1cccc(C(C)(CC(F)(F)C(F)(F)C(F)(F)F)OC)c1.